The first-order chi connectivity index (χ1) is 17.6. The highest BCUT2D eigenvalue weighted by Crippen LogP contribution is 2.32. The van der Waals surface area contributed by atoms with Gasteiger partial charge in [0.1, 0.15) is 11.0 Å². The Bertz CT molecular complexity index is 1720. The number of fused-ring (bicyclic) bond motifs is 3. The van der Waals surface area contributed by atoms with Crippen LogP contribution in [0, 0.1) is 13.8 Å². The topological polar surface area (TPSA) is 79.8 Å². The molecule has 5 rings (SSSR count). The minimum atomic E-state index is -4.59. The van der Waals surface area contributed by atoms with Gasteiger partial charge < -0.3 is 10.3 Å². The molecule has 2 heterocycles. The summed E-state index contributed by atoms with van der Waals surface area (Å²) >= 11 is 0.978. The summed E-state index contributed by atoms with van der Waals surface area (Å²) < 4.78 is 41.4. The molecular formula is C27H21F3N4O2S. The molecule has 1 amide bonds. The van der Waals surface area contributed by atoms with Crippen molar-refractivity contribution in [3.63, 3.8) is 0 Å². The fourth-order valence-corrected chi connectivity index (χ4v) is 4.88. The number of halogens is 3. The predicted octanol–water partition coefficient (Wildman–Crippen LogP) is 6.23. The molecule has 0 saturated heterocycles. The van der Waals surface area contributed by atoms with Crippen molar-refractivity contribution in [2.75, 3.05) is 11.1 Å². The lowest BCUT2D eigenvalue weighted by atomic mass is 10.1. The van der Waals surface area contributed by atoms with E-state index in [9.17, 15) is 22.8 Å². The summed E-state index contributed by atoms with van der Waals surface area (Å²) in [6, 6.07) is 17.4. The van der Waals surface area contributed by atoms with E-state index in [0.717, 1.165) is 39.6 Å². The van der Waals surface area contributed by atoms with Crippen molar-refractivity contribution < 1.29 is 18.0 Å². The Balaban J connectivity index is 1.59. The number of aryl methyl sites for hydroxylation is 2. The molecule has 6 nitrogen and oxygen atoms in total. The van der Waals surface area contributed by atoms with Gasteiger partial charge in [-0.25, -0.2) is 4.98 Å². The van der Waals surface area contributed by atoms with Crippen molar-refractivity contribution in [3.8, 4) is 5.69 Å². The number of carbonyl (C=O) groups is 1. The first-order valence-electron chi connectivity index (χ1n) is 11.3. The third kappa shape index (κ3) is 4.84. The summed E-state index contributed by atoms with van der Waals surface area (Å²) in [4.78, 5) is 34.1. The van der Waals surface area contributed by atoms with Crippen LogP contribution < -0.4 is 10.9 Å². The van der Waals surface area contributed by atoms with Gasteiger partial charge in [0.2, 0.25) is 5.91 Å². The number of aromatic amines is 1. The van der Waals surface area contributed by atoms with E-state index in [1.165, 1.54) is 12.1 Å². The highest BCUT2D eigenvalue weighted by molar-refractivity contribution is 7.99. The van der Waals surface area contributed by atoms with Crippen LogP contribution in [0.5, 0.6) is 0 Å². The van der Waals surface area contributed by atoms with Gasteiger partial charge in [-0.05, 0) is 55.3 Å². The largest absolute Gasteiger partial charge is 0.416 e. The first-order valence-corrected chi connectivity index (χ1v) is 12.3. The van der Waals surface area contributed by atoms with Crippen LogP contribution in [-0.2, 0) is 11.0 Å². The van der Waals surface area contributed by atoms with E-state index < -0.39 is 17.3 Å². The Labute approximate surface area is 213 Å². The second-order valence-electron chi connectivity index (χ2n) is 8.63. The molecule has 0 spiro atoms. The number of aromatic nitrogens is 3. The lowest BCUT2D eigenvalue weighted by Crippen LogP contribution is -2.23. The maximum atomic E-state index is 13.6. The SMILES string of the molecule is Cc1ccc(C)c(NC(=O)CSc2nc3c([nH]c4ccccc43)c(=O)n2-c2cccc(C(F)(F)F)c2)c1. The number of alkyl halides is 3. The van der Waals surface area contributed by atoms with Crippen molar-refractivity contribution in [2.45, 2.75) is 25.2 Å². The van der Waals surface area contributed by atoms with Crippen molar-refractivity contribution >= 4 is 45.3 Å². The monoisotopic (exact) mass is 522 g/mol. The van der Waals surface area contributed by atoms with Gasteiger partial charge >= 0.3 is 6.18 Å². The Morgan fingerprint density at radius 3 is 2.62 bits per heavy atom. The normalized spacial score (nSPS) is 11.8. The number of thioether (sulfide) groups is 1. The number of para-hydroxylation sites is 1. The van der Waals surface area contributed by atoms with Gasteiger partial charge in [-0.15, -0.1) is 0 Å². The number of carbonyl (C=O) groups excluding carboxylic acids is 1. The molecule has 188 valence electrons. The van der Waals surface area contributed by atoms with E-state index in [4.69, 9.17) is 0 Å². The number of anilines is 1. The molecule has 0 fully saturated rings. The third-order valence-electron chi connectivity index (χ3n) is 5.93. The van der Waals surface area contributed by atoms with Gasteiger partial charge in [0.25, 0.3) is 5.56 Å². The van der Waals surface area contributed by atoms with E-state index in [1.807, 2.05) is 32.0 Å². The van der Waals surface area contributed by atoms with Crippen LogP contribution in [0.3, 0.4) is 0 Å². The molecule has 0 atom stereocenters. The molecule has 0 saturated carbocycles. The van der Waals surface area contributed by atoms with E-state index >= 15 is 0 Å². The van der Waals surface area contributed by atoms with Crippen molar-refractivity contribution in [2.24, 2.45) is 0 Å². The molecule has 0 aliphatic rings. The second-order valence-corrected chi connectivity index (χ2v) is 9.57. The number of nitrogens with zero attached hydrogens (tertiary/aromatic N) is 2. The van der Waals surface area contributed by atoms with Gasteiger partial charge in [-0.1, -0.05) is 48.2 Å². The second kappa shape index (κ2) is 9.44. The Morgan fingerprint density at radius 1 is 1.05 bits per heavy atom. The number of benzene rings is 3. The lowest BCUT2D eigenvalue weighted by Gasteiger charge is -2.14. The fourth-order valence-electron chi connectivity index (χ4n) is 4.08. The molecule has 0 unspecified atom stereocenters. The number of hydrogen-bond acceptors (Lipinski definition) is 4. The quantitative estimate of drug-likeness (QED) is 0.212. The minimum absolute atomic E-state index is 0.00492. The number of rotatable bonds is 5. The molecule has 0 bridgehead atoms. The molecule has 3 aromatic carbocycles. The number of nitrogens with one attached hydrogen (secondary N) is 2. The van der Waals surface area contributed by atoms with E-state index in [0.29, 0.717) is 22.1 Å². The van der Waals surface area contributed by atoms with Crippen LogP contribution in [0.15, 0.2) is 76.7 Å². The van der Waals surface area contributed by atoms with Crippen LogP contribution in [0.1, 0.15) is 16.7 Å². The van der Waals surface area contributed by atoms with Gasteiger partial charge in [0.15, 0.2) is 5.16 Å². The zero-order chi connectivity index (χ0) is 26.3. The maximum absolute atomic E-state index is 13.6. The van der Waals surface area contributed by atoms with Gasteiger partial charge in [-0.3, -0.25) is 14.2 Å². The Hall–Kier alpha value is -4.05. The molecule has 10 heteroatoms. The van der Waals surface area contributed by atoms with Crippen LogP contribution in [-0.4, -0.2) is 26.2 Å². The van der Waals surface area contributed by atoms with Crippen molar-refractivity contribution in [1.29, 1.82) is 0 Å². The van der Waals surface area contributed by atoms with E-state index in [-0.39, 0.29) is 28.0 Å². The first kappa shape index (κ1) is 24.6. The minimum Gasteiger partial charge on any atom is -0.349 e. The lowest BCUT2D eigenvalue weighted by molar-refractivity contribution is -0.137. The zero-order valence-electron chi connectivity index (χ0n) is 19.8. The fraction of sp³-hybridized carbons (Fsp3) is 0.148. The van der Waals surface area contributed by atoms with E-state index in [1.54, 1.807) is 24.3 Å². The summed E-state index contributed by atoms with van der Waals surface area (Å²) in [6.45, 7) is 3.79. The summed E-state index contributed by atoms with van der Waals surface area (Å²) in [6.07, 6.45) is -4.59. The summed E-state index contributed by atoms with van der Waals surface area (Å²) in [5, 5.41) is 3.67. The van der Waals surface area contributed by atoms with E-state index in [2.05, 4.69) is 15.3 Å². The Kier molecular flexibility index (Phi) is 6.28. The van der Waals surface area contributed by atoms with Gasteiger partial charge in [0, 0.05) is 16.6 Å². The van der Waals surface area contributed by atoms with Crippen LogP contribution in [0.4, 0.5) is 18.9 Å². The maximum Gasteiger partial charge on any atom is 0.416 e. The van der Waals surface area contributed by atoms with Crippen LogP contribution in [0.25, 0.3) is 27.6 Å². The molecule has 0 aliphatic heterocycles. The summed E-state index contributed by atoms with van der Waals surface area (Å²) in [5.41, 5.74) is 2.33. The summed E-state index contributed by atoms with van der Waals surface area (Å²) in [7, 11) is 0. The average Bonchev–Trinajstić information content (AvgIpc) is 3.24. The molecule has 5 aromatic rings. The molecule has 2 aromatic heterocycles. The number of hydrogen-bond donors (Lipinski definition) is 2. The molecular weight excluding hydrogens is 501 g/mol. The van der Waals surface area contributed by atoms with Crippen LogP contribution >= 0.6 is 11.8 Å². The number of H-pyrrole nitrogens is 1. The number of amides is 1. The van der Waals surface area contributed by atoms with Crippen molar-refractivity contribution in [1.82, 2.24) is 14.5 Å². The average molecular weight is 523 g/mol. The molecule has 2 N–H and O–H groups in total. The molecule has 0 radical (unpaired) electrons. The van der Waals surface area contributed by atoms with Gasteiger partial charge in [0.05, 0.1) is 17.0 Å². The van der Waals surface area contributed by atoms with Gasteiger partial charge in [-0.2, -0.15) is 13.2 Å². The molecule has 0 aliphatic carbocycles. The Morgan fingerprint density at radius 2 is 1.84 bits per heavy atom. The zero-order valence-corrected chi connectivity index (χ0v) is 20.6. The smallest absolute Gasteiger partial charge is 0.349 e. The molecule has 37 heavy (non-hydrogen) atoms. The summed E-state index contributed by atoms with van der Waals surface area (Å²) in [5.74, 6) is -0.435. The predicted molar refractivity (Wildman–Crippen MR) is 139 cm³/mol. The van der Waals surface area contributed by atoms with Crippen LogP contribution in [0.2, 0.25) is 0 Å². The highest BCUT2D eigenvalue weighted by Gasteiger charge is 2.31. The standard InChI is InChI=1S/C27H21F3N4O2S/c1-15-10-11-16(2)21(12-15)31-22(35)14-37-26-33-23-19-8-3-4-9-20(19)32-24(23)25(36)34(26)18-7-5-6-17(13-18)27(28,29)30/h3-13,32H,14H2,1-2H3,(H,31,35). The third-order valence-corrected chi connectivity index (χ3v) is 6.86. The van der Waals surface area contributed by atoms with Crippen molar-refractivity contribution in [3.05, 3.63) is 93.8 Å². The highest BCUT2D eigenvalue weighted by atomic mass is 32.2.